The van der Waals surface area contributed by atoms with Gasteiger partial charge in [-0.2, -0.15) is 5.26 Å². The van der Waals surface area contributed by atoms with Crippen molar-refractivity contribution in [1.29, 1.82) is 5.26 Å². The van der Waals surface area contributed by atoms with Crippen LogP contribution in [0, 0.1) is 25.2 Å². The van der Waals surface area contributed by atoms with Crippen LogP contribution < -0.4 is 16.0 Å². The van der Waals surface area contributed by atoms with Crippen LogP contribution in [0.25, 0.3) is 0 Å². The minimum atomic E-state index is -0.644. The summed E-state index contributed by atoms with van der Waals surface area (Å²) < 4.78 is 7.38. The van der Waals surface area contributed by atoms with Gasteiger partial charge in [-0.3, -0.25) is 4.79 Å². The number of hydrogen-bond donors (Lipinski definition) is 1. The number of allylic oxidation sites excluding steroid dienone is 1. The maximum Gasteiger partial charge on any atom is 0.259 e. The maximum atomic E-state index is 13.6. The van der Waals surface area contributed by atoms with E-state index >= 15 is 0 Å². The standard InChI is InChI=1S/C24H20ClN3O2/c1-14-6-8-16(9-7-14)13-28-15(2)10-20-22(24(28)29)21(19(12-26)23(27)30-20)17-4-3-5-18(25)11-17/h3-11,21H,13,27H2,1-2H3/t21-/m0/s1. The van der Waals surface area contributed by atoms with Gasteiger partial charge in [0.15, 0.2) is 0 Å². The van der Waals surface area contributed by atoms with E-state index in [0.29, 0.717) is 22.9 Å². The summed E-state index contributed by atoms with van der Waals surface area (Å²) in [6.07, 6.45) is 0. The number of halogens is 1. The monoisotopic (exact) mass is 417 g/mol. The molecule has 1 aromatic heterocycles. The molecule has 2 N–H and O–H groups in total. The minimum Gasteiger partial charge on any atom is -0.440 e. The smallest absolute Gasteiger partial charge is 0.259 e. The Labute approximate surface area is 179 Å². The lowest BCUT2D eigenvalue weighted by Crippen LogP contribution is -2.33. The lowest BCUT2D eigenvalue weighted by molar-refractivity contribution is 0.389. The van der Waals surface area contributed by atoms with Crippen LogP contribution in [0.15, 0.2) is 70.8 Å². The quantitative estimate of drug-likeness (QED) is 0.685. The number of hydrogen-bond acceptors (Lipinski definition) is 4. The van der Waals surface area contributed by atoms with Crippen LogP contribution in [0.3, 0.4) is 0 Å². The highest BCUT2D eigenvalue weighted by molar-refractivity contribution is 6.30. The van der Waals surface area contributed by atoms with Gasteiger partial charge in [-0.25, -0.2) is 0 Å². The first kappa shape index (κ1) is 19.8. The highest BCUT2D eigenvalue weighted by Gasteiger charge is 2.34. The van der Waals surface area contributed by atoms with Gasteiger partial charge in [0.2, 0.25) is 5.88 Å². The van der Waals surface area contributed by atoms with E-state index in [1.807, 2.05) is 44.2 Å². The van der Waals surface area contributed by atoms with E-state index in [2.05, 4.69) is 6.07 Å². The van der Waals surface area contributed by atoms with E-state index in [4.69, 9.17) is 22.1 Å². The molecule has 0 spiro atoms. The molecule has 0 aliphatic carbocycles. The zero-order valence-electron chi connectivity index (χ0n) is 16.6. The van der Waals surface area contributed by atoms with Gasteiger partial charge in [0.25, 0.3) is 5.56 Å². The number of benzene rings is 2. The lowest BCUT2D eigenvalue weighted by atomic mass is 9.84. The average Bonchev–Trinajstić information content (AvgIpc) is 2.71. The first-order chi connectivity index (χ1) is 14.4. The number of rotatable bonds is 3. The molecular weight excluding hydrogens is 398 g/mol. The van der Waals surface area contributed by atoms with E-state index < -0.39 is 5.92 Å². The van der Waals surface area contributed by atoms with Crippen molar-refractivity contribution < 1.29 is 4.74 Å². The summed E-state index contributed by atoms with van der Waals surface area (Å²) in [6.45, 7) is 4.29. The van der Waals surface area contributed by atoms with Crippen LogP contribution in [0.2, 0.25) is 5.02 Å². The molecule has 0 amide bonds. The van der Waals surface area contributed by atoms with E-state index in [1.54, 1.807) is 28.8 Å². The molecule has 0 bridgehead atoms. The molecule has 1 atom stereocenters. The third-order valence-electron chi connectivity index (χ3n) is 5.33. The summed E-state index contributed by atoms with van der Waals surface area (Å²) in [4.78, 5) is 13.6. The number of pyridine rings is 1. The first-order valence-electron chi connectivity index (χ1n) is 9.52. The van der Waals surface area contributed by atoms with Gasteiger partial charge >= 0.3 is 0 Å². The molecule has 3 aromatic rings. The van der Waals surface area contributed by atoms with Gasteiger partial charge in [-0.05, 0) is 37.1 Å². The van der Waals surface area contributed by atoms with E-state index in [-0.39, 0.29) is 17.0 Å². The second-order valence-electron chi connectivity index (χ2n) is 7.42. The van der Waals surface area contributed by atoms with Crippen LogP contribution >= 0.6 is 11.6 Å². The highest BCUT2D eigenvalue weighted by atomic mass is 35.5. The van der Waals surface area contributed by atoms with Crippen molar-refractivity contribution in [2.75, 3.05) is 0 Å². The normalized spacial score (nSPS) is 15.3. The number of aryl methyl sites for hydroxylation is 2. The molecule has 5 nitrogen and oxygen atoms in total. The second-order valence-corrected chi connectivity index (χ2v) is 7.86. The molecule has 0 fully saturated rings. The molecule has 0 radical (unpaired) electrons. The van der Waals surface area contributed by atoms with Crippen LogP contribution in [-0.2, 0) is 6.54 Å². The van der Waals surface area contributed by atoms with Gasteiger partial charge < -0.3 is 15.0 Å². The van der Waals surface area contributed by atoms with E-state index in [9.17, 15) is 10.1 Å². The summed E-state index contributed by atoms with van der Waals surface area (Å²) in [5.74, 6) is -0.265. The fourth-order valence-corrected chi connectivity index (χ4v) is 3.98. The van der Waals surface area contributed by atoms with Crippen molar-refractivity contribution in [3.63, 3.8) is 0 Å². The third-order valence-corrected chi connectivity index (χ3v) is 5.57. The Bertz CT molecular complexity index is 1270. The number of nitrogens with two attached hydrogens (primary N) is 1. The largest absolute Gasteiger partial charge is 0.440 e. The molecular formula is C24H20ClN3O2. The van der Waals surface area contributed by atoms with Crippen molar-refractivity contribution in [3.8, 4) is 11.8 Å². The Kier molecular flexibility index (Phi) is 5.11. The van der Waals surface area contributed by atoms with Crippen molar-refractivity contribution in [3.05, 3.63) is 109 Å². The summed E-state index contributed by atoms with van der Waals surface area (Å²) >= 11 is 6.19. The van der Waals surface area contributed by atoms with Crippen LogP contribution in [-0.4, -0.2) is 4.57 Å². The predicted octanol–water partition coefficient (Wildman–Crippen LogP) is 4.39. The molecule has 150 valence electrons. The molecule has 0 unspecified atom stereocenters. The Morgan fingerprint density at radius 3 is 2.57 bits per heavy atom. The minimum absolute atomic E-state index is 0.00469. The zero-order chi connectivity index (χ0) is 21.4. The van der Waals surface area contributed by atoms with Crippen molar-refractivity contribution >= 4 is 11.6 Å². The average molecular weight is 418 g/mol. The predicted molar refractivity (Wildman–Crippen MR) is 116 cm³/mol. The molecule has 0 saturated heterocycles. The fourth-order valence-electron chi connectivity index (χ4n) is 3.78. The summed E-state index contributed by atoms with van der Waals surface area (Å²) in [5, 5.41) is 10.3. The van der Waals surface area contributed by atoms with E-state index in [1.165, 1.54) is 0 Å². The molecule has 4 rings (SSSR count). The third kappa shape index (κ3) is 3.47. The van der Waals surface area contributed by atoms with Gasteiger partial charge in [-0.1, -0.05) is 53.6 Å². The summed E-state index contributed by atoms with van der Waals surface area (Å²) in [7, 11) is 0. The highest BCUT2D eigenvalue weighted by Crippen LogP contribution is 2.41. The fraction of sp³-hybridized carbons (Fsp3) is 0.167. The first-order valence-corrected chi connectivity index (χ1v) is 9.89. The number of fused-ring (bicyclic) bond motifs is 1. The molecule has 30 heavy (non-hydrogen) atoms. The number of nitriles is 1. The SMILES string of the molecule is Cc1ccc(Cn2c(C)cc3c(c2=O)[C@@H](c2cccc(Cl)c2)C(C#N)=C(N)O3)cc1. The molecule has 1 aliphatic heterocycles. The zero-order valence-corrected chi connectivity index (χ0v) is 17.4. The van der Waals surface area contributed by atoms with Gasteiger partial charge in [0, 0.05) is 16.8 Å². The van der Waals surface area contributed by atoms with Crippen molar-refractivity contribution in [2.24, 2.45) is 5.73 Å². The Morgan fingerprint density at radius 2 is 1.90 bits per heavy atom. The topological polar surface area (TPSA) is 81.0 Å². The Morgan fingerprint density at radius 1 is 1.17 bits per heavy atom. The Hall–Kier alpha value is -3.49. The van der Waals surface area contributed by atoms with Gasteiger partial charge in [0.05, 0.1) is 18.0 Å². The van der Waals surface area contributed by atoms with Gasteiger partial charge in [-0.15, -0.1) is 0 Å². The van der Waals surface area contributed by atoms with Gasteiger partial charge in [0.1, 0.15) is 17.4 Å². The molecule has 2 heterocycles. The summed E-state index contributed by atoms with van der Waals surface area (Å²) in [6, 6.07) is 19.1. The number of ether oxygens (including phenoxy) is 1. The van der Waals surface area contributed by atoms with Crippen LogP contribution in [0.1, 0.15) is 33.9 Å². The maximum absolute atomic E-state index is 13.6. The summed E-state index contributed by atoms with van der Waals surface area (Å²) in [5.41, 5.74) is 10.0. The van der Waals surface area contributed by atoms with E-state index in [0.717, 1.165) is 22.4 Å². The second kappa shape index (κ2) is 7.74. The molecule has 1 aliphatic rings. The van der Waals surface area contributed by atoms with Crippen LogP contribution in [0.5, 0.6) is 5.75 Å². The molecule has 6 heteroatoms. The number of nitrogens with zero attached hydrogens (tertiary/aromatic N) is 2. The molecule has 0 saturated carbocycles. The molecule has 2 aromatic carbocycles. The lowest BCUT2D eigenvalue weighted by Gasteiger charge is -2.27. The number of aromatic nitrogens is 1. The van der Waals surface area contributed by atoms with Crippen LogP contribution in [0.4, 0.5) is 0 Å². The van der Waals surface area contributed by atoms with Crippen molar-refractivity contribution in [2.45, 2.75) is 26.3 Å². The van der Waals surface area contributed by atoms with Crippen molar-refractivity contribution in [1.82, 2.24) is 4.57 Å². The Balaban J connectivity index is 1.92.